The van der Waals surface area contributed by atoms with Crippen LogP contribution < -0.4 is 10.1 Å². The van der Waals surface area contributed by atoms with Gasteiger partial charge in [0.1, 0.15) is 10.6 Å². The van der Waals surface area contributed by atoms with Crippen molar-refractivity contribution < 1.29 is 17.9 Å². The number of amides is 1. The van der Waals surface area contributed by atoms with Gasteiger partial charge in [0, 0.05) is 29.2 Å². The van der Waals surface area contributed by atoms with Gasteiger partial charge < -0.3 is 10.1 Å². The van der Waals surface area contributed by atoms with E-state index in [-0.39, 0.29) is 22.6 Å². The standard InChI is InChI=1S/C25H33BrN2O4S/c1-6-18-14-21(26)13-17(4)24(18)27-25(29)19-9-11-28(12-10-19)33(30,31)23-15-20(16(2)3)7-8-22(23)32-5/h7-8,13-16,19H,6,9-12H2,1-5H3,(H,27,29). The highest BCUT2D eigenvalue weighted by Crippen LogP contribution is 2.33. The summed E-state index contributed by atoms with van der Waals surface area (Å²) in [6, 6.07) is 9.33. The van der Waals surface area contributed by atoms with Crippen molar-refractivity contribution in [2.45, 2.75) is 57.8 Å². The second-order valence-electron chi connectivity index (χ2n) is 8.84. The van der Waals surface area contributed by atoms with Crippen LogP contribution in [0.4, 0.5) is 5.69 Å². The average molecular weight is 538 g/mol. The molecule has 1 heterocycles. The van der Waals surface area contributed by atoms with Crippen LogP contribution >= 0.6 is 15.9 Å². The van der Waals surface area contributed by atoms with Gasteiger partial charge in [0.15, 0.2) is 0 Å². The topological polar surface area (TPSA) is 75.7 Å². The molecule has 1 aliphatic rings. The third-order valence-electron chi connectivity index (χ3n) is 6.31. The predicted molar refractivity (Wildman–Crippen MR) is 135 cm³/mol. The molecule has 0 saturated carbocycles. The maximum atomic E-state index is 13.4. The zero-order valence-corrected chi connectivity index (χ0v) is 22.3. The Balaban J connectivity index is 1.74. The Morgan fingerprint density at radius 3 is 2.45 bits per heavy atom. The number of sulfonamides is 1. The van der Waals surface area contributed by atoms with E-state index in [0.29, 0.717) is 31.7 Å². The summed E-state index contributed by atoms with van der Waals surface area (Å²) in [5.41, 5.74) is 3.88. The van der Waals surface area contributed by atoms with Gasteiger partial charge in [-0.3, -0.25) is 4.79 Å². The SMILES string of the molecule is CCc1cc(Br)cc(C)c1NC(=O)C1CCN(S(=O)(=O)c2cc(C(C)C)ccc2OC)CC1. The lowest BCUT2D eigenvalue weighted by atomic mass is 9.96. The Kier molecular flexibility index (Phi) is 8.24. The summed E-state index contributed by atoms with van der Waals surface area (Å²) in [5.74, 6) is 0.270. The Hall–Kier alpha value is -1.90. The summed E-state index contributed by atoms with van der Waals surface area (Å²) in [7, 11) is -2.24. The number of methoxy groups -OCH3 is 1. The molecule has 0 radical (unpaired) electrons. The first-order valence-electron chi connectivity index (χ1n) is 11.4. The van der Waals surface area contributed by atoms with E-state index in [2.05, 4.69) is 28.2 Å². The summed E-state index contributed by atoms with van der Waals surface area (Å²) >= 11 is 3.51. The molecule has 2 aromatic rings. The van der Waals surface area contributed by atoms with Crippen LogP contribution in [0.15, 0.2) is 39.7 Å². The molecule has 33 heavy (non-hydrogen) atoms. The minimum atomic E-state index is -3.72. The number of hydrogen-bond donors (Lipinski definition) is 1. The van der Waals surface area contributed by atoms with E-state index in [4.69, 9.17) is 4.74 Å². The van der Waals surface area contributed by atoms with Crippen molar-refractivity contribution >= 4 is 37.5 Å². The molecular weight excluding hydrogens is 504 g/mol. The number of aryl methyl sites for hydroxylation is 2. The highest BCUT2D eigenvalue weighted by molar-refractivity contribution is 9.10. The van der Waals surface area contributed by atoms with Crippen molar-refractivity contribution in [1.82, 2.24) is 4.31 Å². The number of nitrogens with zero attached hydrogens (tertiary/aromatic N) is 1. The van der Waals surface area contributed by atoms with E-state index in [9.17, 15) is 13.2 Å². The monoisotopic (exact) mass is 536 g/mol. The van der Waals surface area contributed by atoms with Crippen LogP contribution in [0.3, 0.4) is 0 Å². The van der Waals surface area contributed by atoms with Crippen LogP contribution in [-0.2, 0) is 21.2 Å². The number of nitrogens with one attached hydrogen (secondary N) is 1. The van der Waals surface area contributed by atoms with E-state index in [0.717, 1.165) is 33.3 Å². The Morgan fingerprint density at radius 2 is 1.88 bits per heavy atom. The number of piperidine rings is 1. The minimum absolute atomic E-state index is 0.0495. The number of carbonyl (C=O) groups is 1. The van der Waals surface area contributed by atoms with Crippen molar-refractivity contribution in [2.75, 3.05) is 25.5 Å². The molecule has 0 aromatic heterocycles. The maximum absolute atomic E-state index is 13.4. The molecule has 3 rings (SSSR count). The average Bonchev–Trinajstić information content (AvgIpc) is 2.79. The molecule has 0 bridgehead atoms. The largest absolute Gasteiger partial charge is 0.495 e. The van der Waals surface area contributed by atoms with E-state index in [1.165, 1.54) is 11.4 Å². The number of hydrogen-bond acceptors (Lipinski definition) is 4. The molecule has 180 valence electrons. The summed E-state index contributed by atoms with van der Waals surface area (Å²) < 4.78 is 34.6. The molecule has 1 aliphatic heterocycles. The third-order valence-corrected chi connectivity index (χ3v) is 8.69. The maximum Gasteiger partial charge on any atom is 0.246 e. The fourth-order valence-corrected chi connectivity index (χ4v) is 6.53. The van der Waals surface area contributed by atoms with E-state index in [1.54, 1.807) is 12.1 Å². The Labute approximate surface area is 205 Å². The molecule has 0 aliphatic carbocycles. The molecule has 0 unspecified atom stereocenters. The second-order valence-corrected chi connectivity index (χ2v) is 11.7. The number of rotatable bonds is 7. The van der Waals surface area contributed by atoms with Crippen molar-refractivity contribution in [2.24, 2.45) is 5.92 Å². The first-order chi connectivity index (χ1) is 15.6. The second kappa shape index (κ2) is 10.6. The molecule has 1 fully saturated rings. The van der Waals surface area contributed by atoms with Gasteiger partial charge in [0.25, 0.3) is 0 Å². The summed E-state index contributed by atoms with van der Waals surface area (Å²) in [6.07, 6.45) is 1.77. The smallest absolute Gasteiger partial charge is 0.246 e. The number of ether oxygens (including phenoxy) is 1. The molecule has 1 amide bonds. The van der Waals surface area contributed by atoms with Crippen LogP contribution in [-0.4, -0.2) is 38.8 Å². The van der Waals surface area contributed by atoms with Crippen molar-refractivity contribution in [1.29, 1.82) is 0 Å². The van der Waals surface area contributed by atoms with Gasteiger partial charge in [-0.1, -0.05) is 42.8 Å². The van der Waals surface area contributed by atoms with Gasteiger partial charge >= 0.3 is 0 Å². The van der Waals surface area contributed by atoms with Gasteiger partial charge in [-0.05, 0) is 73.1 Å². The summed E-state index contributed by atoms with van der Waals surface area (Å²) in [5, 5.41) is 3.10. The van der Waals surface area contributed by atoms with Gasteiger partial charge in [-0.15, -0.1) is 0 Å². The molecule has 0 spiro atoms. The molecule has 8 heteroatoms. The Bertz CT molecular complexity index is 1120. The van der Waals surface area contributed by atoms with Gasteiger partial charge in [0.05, 0.1) is 7.11 Å². The predicted octanol–water partition coefficient (Wildman–Crippen LogP) is 5.49. The molecule has 6 nitrogen and oxygen atoms in total. The fraction of sp³-hybridized carbons (Fsp3) is 0.480. The Morgan fingerprint density at radius 1 is 1.21 bits per heavy atom. The van der Waals surface area contributed by atoms with Gasteiger partial charge in [0.2, 0.25) is 15.9 Å². The molecule has 0 atom stereocenters. The highest BCUT2D eigenvalue weighted by Gasteiger charge is 2.34. The van der Waals surface area contributed by atoms with Gasteiger partial charge in [-0.2, -0.15) is 4.31 Å². The lowest BCUT2D eigenvalue weighted by Gasteiger charge is -2.31. The minimum Gasteiger partial charge on any atom is -0.495 e. The zero-order valence-electron chi connectivity index (χ0n) is 19.9. The fourth-order valence-electron chi connectivity index (χ4n) is 4.25. The van der Waals surface area contributed by atoms with Crippen LogP contribution in [0, 0.1) is 12.8 Å². The first-order valence-corrected chi connectivity index (χ1v) is 13.6. The van der Waals surface area contributed by atoms with Crippen LogP contribution in [0.5, 0.6) is 5.75 Å². The lowest BCUT2D eigenvalue weighted by Crippen LogP contribution is -2.41. The zero-order chi connectivity index (χ0) is 24.3. The first kappa shape index (κ1) is 25.7. The number of anilines is 1. The normalized spacial score (nSPS) is 15.6. The van der Waals surface area contributed by atoms with Crippen molar-refractivity contribution in [3.63, 3.8) is 0 Å². The molecular formula is C25H33BrN2O4S. The van der Waals surface area contributed by atoms with Crippen molar-refractivity contribution in [3.05, 3.63) is 51.5 Å². The van der Waals surface area contributed by atoms with Crippen LogP contribution in [0.1, 0.15) is 56.2 Å². The quantitative estimate of drug-likeness (QED) is 0.507. The summed E-state index contributed by atoms with van der Waals surface area (Å²) in [6.45, 7) is 8.69. The number of halogens is 1. The molecule has 2 aromatic carbocycles. The van der Waals surface area contributed by atoms with Gasteiger partial charge in [-0.25, -0.2) is 8.42 Å². The lowest BCUT2D eigenvalue weighted by molar-refractivity contribution is -0.120. The van der Waals surface area contributed by atoms with E-state index < -0.39 is 10.0 Å². The van der Waals surface area contributed by atoms with Crippen LogP contribution in [0.25, 0.3) is 0 Å². The third kappa shape index (κ3) is 5.61. The number of benzene rings is 2. The number of carbonyl (C=O) groups excluding carboxylic acids is 1. The van der Waals surface area contributed by atoms with E-state index in [1.807, 2.05) is 39.0 Å². The highest BCUT2D eigenvalue weighted by atomic mass is 79.9. The van der Waals surface area contributed by atoms with Crippen molar-refractivity contribution in [3.8, 4) is 5.75 Å². The van der Waals surface area contributed by atoms with E-state index >= 15 is 0 Å². The summed E-state index contributed by atoms with van der Waals surface area (Å²) in [4.78, 5) is 13.2. The van der Waals surface area contributed by atoms with Crippen LogP contribution in [0.2, 0.25) is 0 Å². The molecule has 1 saturated heterocycles. The molecule has 1 N–H and O–H groups in total.